The molecule has 56 valence electrons. The Morgan fingerprint density at radius 3 is 2.60 bits per heavy atom. The fourth-order valence-corrected chi connectivity index (χ4v) is 0.964. The van der Waals surface area contributed by atoms with Crippen LogP contribution < -0.4 is 0 Å². The summed E-state index contributed by atoms with van der Waals surface area (Å²) in [6.07, 6.45) is 1.64. The molecule has 0 amide bonds. The van der Waals surface area contributed by atoms with Gasteiger partial charge in [-0.1, -0.05) is 0 Å². The lowest BCUT2D eigenvalue weighted by atomic mass is 10.4. The van der Waals surface area contributed by atoms with Crippen LogP contribution in [0.5, 0.6) is 0 Å². The van der Waals surface area contributed by atoms with Gasteiger partial charge in [0, 0.05) is 6.92 Å². The lowest BCUT2D eigenvalue weighted by Crippen LogP contribution is -2.30. The van der Waals surface area contributed by atoms with Crippen LogP contribution in [0.4, 0.5) is 0 Å². The molecule has 0 aliphatic carbocycles. The van der Waals surface area contributed by atoms with E-state index in [1.165, 1.54) is 0 Å². The van der Waals surface area contributed by atoms with Gasteiger partial charge in [0.2, 0.25) is 12.0 Å². The Hall–Kier alpha value is -0.700. The molecule has 1 rings (SSSR count). The van der Waals surface area contributed by atoms with E-state index >= 15 is 0 Å². The van der Waals surface area contributed by atoms with Crippen LogP contribution in [0.1, 0.15) is 6.92 Å². The SMILES string of the molecule is CC(=O)C=[N+]1CCOCC1. The summed E-state index contributed by atoms with van der Waals surface area (Å²) in [5, 5.41) is 0. The van der Waals surface area contributed by atoms with E-state index in [9.17, 15) is 4.79 Å². The second kappa shape index (κ2) is 3.46. The second-order valence-corrected chi connectivity index (χ2v) is 2.39. The van der Waals surface area contributed by atoms with Crippen LogP contribution >= 0.6 is 0 Å². The number of hydrogen-bond acceptors (Lipinski definition) is 2. The number of carbonyl (C=O) groups excluding carboxylic acids is 1. The Bertz CT molecular complexity index is 155. The Kier molecular flexibility index (Phi) is 2.57. The first kappa shape index (κ1) is 7.41. The third-order valence-corrected chi connectivity index (χ3v) is 1.41. The van der Waals surface area contributed by atoms with Gasteiger partial charge in [0.05, 0.1) is 0 Å². The number of Topliss-reactive ketones (excluding diaryl/α,β-unsaturated/α-hetero) is 1. The Balaban J connectivity index is 2.45. The third kappa shape index (κ3) is 2.27. The van der Waals surface area contributed by atoms with E-state index in [0.29, 0.717) is 0 Å². The van der Waals surface area contributed by atoms with Crippen molar-refractivity contribution >= 4 is 12.0 Å². The molecular formula is C7H12NO2+. The Morgan fingerprint density at radius 1 is 1.50 bits per heavy atom. The summed E-state index contributed by atoms with van der Waals surface area (Å²) in [7, 11) is 0. The number of carbonyl (C=O) groups is 1. The van der Waals surface area contributed by atoms with Crippen molar-refractivity contribution in [3.05, 3.63) is 0 Å². The van der Waals surface area contributed by atoms with Gasteiger partial charge in [-0.15, -0.1) is 0 Å². The summed E-state index contributed by atoms with van der Waals surface area (Å²) in [6.45, 7) is 4.74. The van der Waals surface area contributed by atoms with Crippen LogP contribution in [-0.2, 0) is 9.53 Å². The van der Waals surface area contributed by atoms with Crippen molar-refractivity contribution in [3.8, 4) is 0 Å². The molecule has 1 saturated heterocycles. The zero-order valence-electron chi connectivity index (χ0n) is 6.17. The molecule has 0 unspecified atom stereocenters. The molecule has 0 spiro atoms. The molecule has 1 aliphatic rings. The van der Waals surface area contributed by atoms with Gasteiger partial charge in [0.15, 0.2) is 13.1 Å². The van der Waals surface area contributed by atoms with Gasteiger partial charge in [0.25, 0.3) is 0 Å². The summed E-state index contributed by atoms with van der Waals surface area (Å²) < 4.78 is 7.10. The average Bonchev–Trinajstić information content (AvgIpc) is 1.88. The fourth-order valence-electron chi connectivity index (χ4n) is 0.964. The van der Waals surface area contributed by atoms with Gasteiger partial charge in [0.1, 0.15) is 13.2 Å². The lowest BCUT2D eigenvalue weighted by molar-refractivity contribution is -0.544. The summed E-state index contributed by atoms with van der Waals surface area (Å²) in [4.78, 5) is 10.6. The maximum absolute atomic E-state index is 10.6. The maximum Gasteiger partial charge on any atom is 0.215 e. The van der Waals surface area contributed by atoms with Gasteiger partial charge in [-0.05, 0) is 0 Å². The summed E-state index contributed by atoms with van der Waals surface area (Å²) in [5.41, 5.74) is 0. The summed E-state index contributed by atoms with van der Waals surface area (Å²) in [5.74, 6) is 0.113. The van der Waals surface area contributed by atoms with Crippen LogP contribution in [0.3, 0.4) is 0 Å². The van der Waals surface area contributed by atoms with Crippen LogP contribution in [-0.4, -0.2) is 42.9 Å². The first-order valence-corrected chi connectivity index (χ1v) is 3.46. The van der Waals surface area contributed by atoms with Gasteiger partial charge in [-0.3, -0.25) is 4.79 Å². The molecule has 0 atom stereocenters. The van der Waals surface area contributed by atoms with E-state index in [2.05, 4.69) is 0 Å². The highest BCUT2D eigenvalue weighted by atomic mass is 16.5. The first-order valence-electron chi connectivity index (χ1n) is 3.46. The minimum atomic E-state index is 0.113. The normalized spacial score (nSPS) is 18.7. The molecule has 1 aliphatic heterocycles. The Labute approximate surface area is 60.3 Å². The van der Waals surface area contributed by atoms with Gasteiger partial charge in [-0.25, -0.2) is 4.58 Å². The van der Waals surface area contributed by atoms with Crippen molar-refractivity contribution < 1.29 is 14.1 Å². The summed E-state index contributed by atoms with van der Waals surface area (Å²) >= 11 is 0. The van der Waals surface area contributed by atoms with E-state index in [1.54, 1.807) is 13.1 Å². The number of hydrogen-bond donors (Lipinski definition) is 0. The molecule has 1 heterocycles. The van der Waals surface area contributed by atoms with E-state index in [-0.39, 0.29) is 5.78 Å². The molecular weight excluding hydrogens is 130 g/mol. The number of rotatable bonds is 1. The molecule has 0 aromatic rings. The van der Waals surface area contributed by atoms with Crippen molar-refractivity contribution in [3.63, 3.8) is 0 Å². The highest BCUT2D eigenvalue weighted by Gasteiger charge is 2.10. The van der Waals surface area contributed by atoms with E-state index in [1.807, 2.05) is 4.58 Å². The zero-order valence-corrected chi connectivity index (χ0v) is 6.17. The second-order valence-electron chi connectivity index (χ2n) is 2.39. The minimum Gasteiger partial charge on any atom is -0.368 e. The average molecular weight is 142 g/mol. The zero-order chi connectivity index (χ0) is 7.40. The molecule has 0 bridgehead atoms. The fraction of sp³-hybridized carbons (Fsp3) is 0.714. The number of morpholine rings is 1. The molecule has 3 nitrogen and oxygen atoms in total. The van der Waals surface area contributed by atoms with Gasteiger partial charge >= 0.3 is 0 Å². The highest BCUT2D eigenvalue weighted by molar-refractivity contribution is 6.24. The van der Waals surface area contributed by atoms with E-state index in [0.717, 1.165) is 26.3 Å². The Morgan fingerprint density at radius 2 is 2.10 bits per heavy atom. The lowest BCUT2D eigenvalue weighted by Gasteiger charge is -2.09. The van der Waals surface area contributed by atoms with Crippen molar-refractivity contribution in [2.45, 2.75) is 6.92 Å². The molecule has 0 aromatic heterocycles. The predicted molar refractivity (Wildman–Crippen MR) is 37.6 cm³/mol. The van der Waals surface area contributed by atoms with Crippen LogP contribution in [0.2, 0.25) is 0 Å². The minimum absolute atomic E-state index is 0.113. The van der Waals surface area contributed by atoms with Crippen LogP contribution in [0.25, 0.3) is 0 Å². The van der Waals surface area contributed by atoms with Crippen molar-refractivity contribution in [2.24, 2.45) is 0 Å². The van der Waals surface area contributed by atoms with E-state index < -0.39 is 0 Å². The number of nitrogens with zero attached hydrogens (tertiary/aromatic N) is 1. The molecule has 0 aromatic carbocycles. The van der Waals surface area contributed by atoms with Gasteiger partial charge < -0.3 is 4.74 Å². The quantitative estimate of drug-likeness (QED) is 0.470. The largest absolute Gasteiger partial charge is 0.368 e. The molecule has 0 saturated carbocycles. The summed E-state index contributed by atoms with van der Waals surface area (Å²) in [6, 6.07) is 0. The molecule has 0 N–H and O–H groups in total. The molecule has 10 heavy (non-hydrogen) atoms. The topological polar surface area (TPSA) is 29.3 Å². The van der Waals surface area contributed by atoms with Crippen molar-refractivity contribution in [2.75, 3.05) is 26.3 Å². The number of ether oxygens (including phenoxy) is 1. The van der Waals surface area contributed by atoms with Crippen LogP contribution in [0, 0.1) is 0 Å². The van der Waals surface area contributed by atoms with Crippen molar-refractivity contribution in [1.29, 1.82) is 0 Å². The molecule has 0 radical (unpaired) electrons. The molecule has 1 fully saturated rings. The monoisotopic (exact) mass is 142 g/mol. The van der Waals surface area contributed by atoms with Crippen molar-refractivity contribution in [1.82, 2.24) is 0 Å². The first-order chi connectivity index (χ1) is 4.79. The maximum atomic E-state index is 10.6. The smallest absolute Gasteiger partial charge is 0.215 e. The number of ketones is 1. The molecule has 3 heteroatoms. The van der Waals surface area contributed by atoms with E-state index in [4.69, 9.17) is 4.74 Å². The van der Waals surface area contributed by atoms with Crippen LogP contribution in [0.15, 0.2) is 0 Å². The standard InChI is InChI=1S/C7H12NO2/c1-7(9)6-8-2-4-10-5-3-8/h6H,2-5H2,1H3/q+1. The highest BCUT2D eigenvalue weighted by Crippen LogP contribution is 1.87. The predicted octanol–water partition coefficient (Wildman–Crippen LogP) is -0.311. The third-order valence-electron chi connectivity index (χ3n) is 1.41. The van der Waals surface area contributed by atoms with Gasteiger partial charge in [-0.2, -0.15) is 0 Å².